The number of anilines is 1. The van der Waals surface area contributed by atoms with Crippen LogP contribution in [0.3, 0.4) is 0 Å². The minimum Gasteiger partial charge on any atom is -0.376 e. The zero-order valence-electron chi connectivity index (χ0n) is 11.9. The maximum absolute atomic E-state index is 12.1. The van der Waals surface area contributed by atoms with Gasteiger partial charge in [0.1, 0.15) is 4.47 Å². The van der Waals surface area contributed by atoms with Crippen molar-refractivity contribution in [3.05, 3.63) is 55.3 Å². The lowest BCUT2D eigenvalue weighted by atomic mass is 10.1. The maximum atomic E-state index is 12.1. The molecular weight excluding hydrogens is 398 g/mol. The summed E-state index contributed by atoms with van der Waals surface area (Å²) in [6.45, 7) is 4.69. The van der Waals surface area contributed by atoms with Crippen molar-refractivity contribution in [1.82, 2.24) is 9.78 Å². The van der Waals surface area contributed by atoms with E-state index >= 15 is 0 Å². The Morgan fingerprint density at radius 1 is 1.29 bits per heavy atom. The van der Waals surface area contributed by atoms with Crippen LogP contribution in [0.25, 0.3) is 0 Å². The van der Waals surface area contributed by atoms with E-state index < -0.39 is 0 Å². The topological polar surface area (TPSA) is 46.9 Å². The van der Waals surface area contributed by atoms with Gasteiger partial charge in [0.25, 0.3) is 5.56 Å². The molecule has 0 aliphatic heterocycles. The first-order chi connectivity index (χ1) is 10.0. The third-order valence-electron chi connectivity index (χ3n) is 3.16. The number of aryl methyl sites for hydroxylation is 1. The minimum absolute atomic E-state index is 0.0811. The summed E-state index contributed by atoms with van der Waals surface area (Å²) in [7, 11) is 0. The Labute approximate surface area is 140 Å². The molecule has 1 aromatic carbocycles. The Balaban J connectivity index is 2.21. The van der Waals surface area contributed by atoms with Crippen molar-refractivity contribution in [1.29, 1.82) is 0 Å². The van der Waals surface area contributed by atoms with E-state index in [4.69, 9.17) is 0 Å². The molecule has 0 bridgehead atoms. The fraction of sp³-hybridized carbons (Fsp3) is 0.333. The van der Waals surface area contributed by atoms with E-state index in [9.17, 15) is 4.79 Å². The summed E-state index contributed by atoms with van der Waals surface area (Å²) >= 11 is 6.79. The summed E-state index contributed by atoms with van der Waals surface area (Å²) in [6.07, 6.45) is 2.57. The highest BCUT2D eigenvalue weighted by Gasteiger charge is 2.12. The molecule has 1 atom stereocenters. The molecule has 4 nitrogen and oxygen atoms in total. The van der Waals surface area contributed by atoms with Crippen molar-refractivity contribution in [3.8, 4) is 0 Å². The third kappa shape index (κ3) is 3.95. The SMILES string of the molecule is CCCn1ncc(NC(C)c2ccc(Br)cc2)c(Br)c1=O. The predicted molar refractivity (Wildman–Crippen MR) is 92.7 cm³/mol. The van der Waals surface area contributed by atoms with Gasteiger partial charge in [-0.15, -0.1) is 0 Å². The van der Waals surface area contributed by atoms with Gasteiger partial charge < -0.3 is 5.32 Å². The van der Waals surface area contributed by atoms with Crippen LogP contribution in [-0.4, -0.2) is 9.78 Å². The number of nitrogens with zero attached hydrogens (tertiary/aromatic N) is 2. The van der Waals surface area contributed by atoms with E-state index in [0.29, 0.717) is 16.7 Å². The van der Waals surface area contributed by atoms with Crippen LogP contribution in [0.5, 0.6) is 0 Å². The molecule has 1 N–H and O–H groups in total. The average Bonchev–Trinajstić information content (AvgIpc) is 2.47. The van der Waals surface area contributed by atoms with Crippen molar-refractivity contribution < 1.29 is 0 Å². The minimum atomic E-state index is -0.107. The van der Waals surface area contributed by atoms with Crippen LogP contribution in [0.15, 0.2) is 44.2 Å². The summed E-state index contributed by atoms with van der Waals surface area (Å²) in [5, 5.41) is 7.51. The van der Waals surface area contributed by atoms with Gasteiger partial charge in [0.15, 0.2) is 0 Å². The molecule has 2 aromatic rings. The molecular formula is C15H17Br2N3O. The molecule has 112 valence electrons. The Morgan fingerprint density at radius 2 is 1.95 bits per heavy atom. The number of hydrogen-bond acceptors (Lipinski definition) is 3. The highest BCUT2D eigenvalue weighted by atomic mass is 79.9. The van der Waals surface area contributed by atoms with Crippen molar-refractivity contribution in [2.24, 2.45) is 0 Å². The lowest BCUT2D eigenvalue weighted by molar-refractivity contribution is 0.565. The molecule has 0 aliphatic carbocycles. The van der Waals surface area contributed by atoms with Crippen molar-refractivity contribution >= 4 is 37.5 Å². The van der Waals surface area contributed by atoms with Crippen LogP contribution in [0.1, 0.15) is 31.9 Å². The molecule has 0 saturated heterocycles. The van der Waals surface area contributed by atoms with E-state index in [1.165, 1.54) is 4.68 Å². The monoisotopic (exact) mass is 413 g/mol. The zero-order chi connectivity index (χ0) is 15.4. The first-order valence-electron chi connectivity index (χ1n) is 6.80. The average molecular weight is 415 g/mol. The van der Waals surface area contributed by atoms with Gasteiger partial charge in [-0.2, -0.15) is 5.10 Å². The molecule has 2 rings (SSSR count). The fourth-order valence-electron chi connectivity index (χ4n) is 2.00. The van der Waals surface area contributed by atoms with E-state index in [2.05, 4.69) is 42.3 Å². The summed E-state index contributed by atoms with van der Waals surface area (Å²) in [4.78, 5) is 12.1. The molecule has 0 fully saturated rings. The van der Waals surface area contributed by atoms with Crippen LogP contribution in [0.4, 0.5) is 5.69 Å². The van der Waals surface area contributed by atoms with Crippen LogP contribution < -0.4 is 10.9 Å². The Bertz CT molecular complexity index is 668. The number of aromatic nitrogens is 2. The van der Waals surface area contributed by atoms with Gasteiger partial charge in [-0.3, -0.25) is 4.79 Å². The summed E-state index contributed by atoms with van der Waals surface area (Å²) in [6, 6.07) is 8.17. The second-order valence-electron chi connectivity index (χ2n) is 4.82. The molecule has 0 aliphatic rings. The van der Waals surface area contributed by atoms with Crippen LogP contribution in [0, 0.1) is 0 Å². The van der Waals surface area contributed by atoms with E-state index in [1.807, 2.05) is 38.1 Å². The number of halogens is 2. The smallest absolute Gasteiger partial charge is 0.283 e. The second-order valence-corrected chi connectivity index (χ2v) is 6.53. The zero-order valence-corrected chi connectivity index (χ0v) is 15.1. The van der Waals surface area contributed by atoms with Gasteiger partial charge in [-0.25, -0.2) is 4.68 Å². The number of benzene rings is 1. The van der Waals surface area contributed by atoms with Gasteiger partial charge in [-0.1, -0.05) is 35.0 Å². The first kappa shape index (κ1) is 16.2. The fourth-order valence-corrected chi connectivity index (χ4v) is 2.69. The van der Waals surface area contributed by atoms with Crippen LogP contribution >= 0.6 is 31.9 Å². The summed E-state index contributed by atoms with van der Waals surface area (Å²) < 4.78 is 3.04. The normalized spacial score (nSPS) is 12.2. The highest BCUT2D eigenvalue weighted by Crippen LogP contribution is 2.24. The number of rotatable bonds is 5. The van der Waals surface area contributed by atoms with Gasteiger partial charge in [0.05, 0.1) is 11.9 Å². The lowest BCUT2D eigenvalue weighted by Crippen LogP contribution is -2.24. The van der Waals surface area contributed by atoms with Crippen molar-refractivity contribution in [3.63, 3.8) is 0 Å². The third-order valence-corrected chi connectivity index (χ3v) is 4.46. The molecule has 1 heterocycles. The van der Waals surface area contributed by atoms with Gasteiger partial charge >= 0.3 is 0 Å². The summed E-state index contributed by atoms with van der Waals surface area (Å²) in [5.41, 5.74) is 1.75. The molecule has 1 unspecified atom stereocenters. The molecule has 21 heavy (non-hydrogen) atoms. The Hall–Kier alpha value is -1.14. The van der Waals surface area contributed by atoms with E-state index in [-0.39, 0.29) is 11.6 Å². The Kier molecular flexibility index (Phi) is 5.58. The highest BCUT2D eigenvalue weighted by molar-refractivity contribution is 9.10. The van der Waals surface area contributed by atoms with Crippen molar-refractivity contribution in [2.75, 3.05) is 5.32 Å². The second kappa shape index (κ2) is 7.22. The molecule has 0 amide bonds. The maximum Gasteiger partial charge on any atom is 0.283 e. The molecule has 0 spiro atoms. The quantitative estimate of drug-likeness (QED) is 0.790. The van der Waals surface area contributed by atoms with E-state index in [1.54, 1.807) is 6.20 Å². The molecule has 1 aromatic heterocycles. The number of nitrogens with one attached hydrogen (secondary N) is 1. The predicted octanol–water partition coefficient (Wildman–Crippen LogP) is 4.35. The number of hydrogen-bond donors (Lipinski definition) is 1. The van der Waals surface area contributed by atoms with Crippen molar-refractivity contribution in [2.45, 2.75) is 32.9 Å². The molecule has 6 heteroatoms. The molecule has 0 saturated carbocycles. The Morgan fingerprint density at radius 3 is 2.57 bits per heavy atom. The van der Waals surface area contributed by atoms with E-state index in [0.717, 1.165) is 16.5 Å². The summed E-state index contributed by atoms with van der Waals surface area (Å²) in [5.74, 6) is 0. The first-order valence-corrected chi connectivity index (χ1v) is 8.39. The van der Waals surface area contributed by atoms with Gasteiger partial charge in [0.2, 0.25) is 0 Å². The van der Waals surface area contributed by atoms with Crippen LogP contribution in [0.2, 0.25) is 0 Å². The van der Waals surface area contributed by atoms with Crippen LogP contribution in [-0.2, 0) is 6.54 Å². The lowest BCUT2D eigenvalue weighted by Gasteiger charge is -2.17. The standard InChI is InChI=1S/C15H17Br2N3O/c1-3-8-20-15(21)14(17)13(9-18-20)19-10(2)11-4-6-12(16)7-5-11/h4-7,9-10,19H,3,8H2,1-2H3. The molecule has 0 radical (unpaired) electrons. The van der Waals surface area contributed by atoms with Gasteiger partial charge in [-0.05, 0) is 47.0 Å². The largest absolute Gasteiger partial charge is 0.376 e. The van der Waals surface area contributed by atoms with Gasteiger partial charge in [0, 0.05) is 17.1 Å².